The quantitative estimate of drug-likeness (QED) is 0.556. The second-order valence-electron chi connectivity index (χ2n) is 6.80. The predicted molar refractivity (Wildman–Crippen MR) is 98.7 cm³/mol. The number of carboxylic acids is 1. The zero-order valence-corrected chi connectivity index (χ0v) is 18.8. The smallest absolute Gasteiger partial charge is 0.543 e. The Balaban J connectivity index is 0.00000280. The topological polar surface area (TPSA) is 90.9 Å². The number of fused-ring (bicyclic) bond motifs is 1. The molecule has 144 valence electrons. The minimum atomic E-state index is -1.80. The summed E-state index contributed by atoms with van der Waals surface area (Å²) >= 11 is 5.95. The van der Waals surface area contributed by atoms with Crippen molar-refractivity contribution in [3.05, 3.63) is 58.6 Å². The average Bonchev–Trinajstić information content (AvgIpc) is 2.96. The van der Waals surface area contributed by atoms with Crippen LogP contribution < -0.4 is 49.5 Å². The summed E-state index contributed by atoms with van der Waals surface area (Å²) in [5, 5.41) is 25.3. The molecule has 2 N–H and O–H groups in total. The molecule has 3 rings (SSSR count). The van der Waals surface area contributed by atoms with Crippen molar-refractivity contribution in [2.45, 2.75) is 38.2 Å². The number of carboxylic acid groups (broad SMARTS) is 1. The number of ether oxygens (including phenoxy) is 2. The van der Waals surface area contributed by atoms with Crippen molar-refractivity contribution in [2.75, 3.05) is 6.54 Å². The minimum Gasteiger partial charge on any atom is -0.543 e. The number of carbonyl (C=O) groups excluding carboxylic acids is 1. The van der Waals surface area contributed by atoms with E-state index in [1.807, 2.05) is 19.1 Å². The molecular formula is C20H21ClNNaO5. The molecule has 6 nitrogen and oxygen atoms in total. The van der Waals surface area contributed by atoms with Gasteiger partial charge in [0.2, 0.25) is 0 Å². The molecule has 0 amide bonds. The van der Waals surface area contributed by atoms with Crippen molar-refractivity contribution >= 4 is 17.6 Å². The van der Waals surface area contributed by atoms with Gasteiger partial charge in [-0.25, -0.2) is 0 Å². The maximum Gasteiger partial charge on any atom is 1.00 e. The van der Waals surface area contributed by atoms with Gasteiger partial charge in [0.15, 0.2) is 11.5 Å². The molecule has 1 heterocycles. The number of aliphatic hydroxyl groups excluding tert-OH is 1. The Hall–Kier alpha value is -1.28. The van der Waals surface area contributed by atoms with Crippen LogP contribution in [-0.2, 0) is 11.2 Å². The van der Waals surface area contributed by atoms with Crippen molar-refractivity contribution in [1.82, 2.24) is 5.32 Å². The number of hydrogen-bond donors (Lipinski definition) is 2. The zero-order chi connectivity index (χ0) is 19.6. The largest absolute Gasteiger partial charge is 1.00 e. The zero-order valence-electron chi connectivity index (χ0n) is 16.1. The molecule has 0 saturated heterocycles. The maximum absolute atomic E-state index is 11.1. The summed E-state index contributed by atoms with van der Waals surface area (Å²) in [4.78, 5) is 11.1. The second-order valence-corrected chi connectivity index (χ2v) is 7.24. The fourth-order valence-corrected chi connectivity index (χ4v) is 3.14. The molecule has 0 aliphatic carbocycles. The van der Waals surface area contributed by atoms with Crippen LogP contribution in [0.15, 0.2) is 42.5 Å². The first-order valence-corrected chi connectivity index (χ1v) is 9.04. The summed E-state index contributed by atoms with van der Waals surface area (Å²) in [6, 6.07) is 12.5. The van der Waals surface area contributed by atoms with E-state index >= 15 is 0 Å². The van der Waals surface area contributed by atoms with Gasteiger partial charge in [0, 0.05) is 24.5 Å². The van der Waals surface area contributed by atoms with E-state index in [0.29, 0.717) is 29.5 Å². The standard InChI is InChI=1S/C20H22ClNO5.Na/c1-12(22-11-16(23)14-4-3-5-15(21)10-14)8-13-6-7-17-18(9-13)27-20(2,26-17)19(24)25;/h3-7,9-10,12,16,22-23H,8,11H2,1-2H3,(H,24,25);/q;+1/p-1. The van der Waals surface area contributed by atoms with Crippen LogP contribution in [0.5, 0.6) is 11.5 Å². The van der Waals surface area contributed by atoms with E-state index in [1.54, 1.807) is 30.3 Å². The third kappa shape index (κ3) is 5.41. The van der Waals surface area contributed by atoms with E-state index in [2.05, 4.69) is 5.32 Å². The van der Waals surface area contributed by atoms with Crippen LogP contribution in [0.1, 0.15) is 31.1 Å². The van der Waals surface area contributed by atoms with Crippen LogP contribution in [0.2, 0.25) is 5.02 Å². The van der Waals surface area contributed by atoms with E-state index in [1.165, 1.54) is 6.92 Å². The molecule has 3 unspecified atom stereocenters. The molecule has 2 aromatic rings. The SMILES string of the molecule is CC(Cc1ccc2c(c1)OC(C)(C(=O)[O-])O2)NCC(O)c1cccc(Cl)c1.[Na+]. The Labute approximate surface area is 191 Å². The monoisotopic (exact) mass is 413 g/mol. The van der Waals surface area contributed by atoms with Gasteiger partial charge in [0.1, 0.15) is 5.97 Å². The van der Waals surface area contributed by atoms with Crippen LogP contribution in [0, 0.1) is 0 Å². The van der Waals surface area contributed by atoms with Gasteiger partial charge in [0.05, 0.1) is 6.10 Å². The van der Waals surface area contributed by atoms with Crippen LogP contribution >= 0.6 is 11.6 Å². The summed E-state index contributed by atoms with van der Waals surface area (Å²) in [5.41, 5.74) is 1.71. The molecule has 2 aromatic carbocycles. The van der Waals surface area contributed by atoms with E-state index in [4.69, 9.17) is 21.1 Å². The van der Waals surface area contributed by atoms with E-state index < -0.39 is 17.9 Å². The summed E-state index contributed by atoms with van der Waals surface area (Å²) < 4.78 is 10.7. The van der Waals surface area contributed by atoms with Gasteiger partial charge in [-0.05, 0) is 48.7 Å². The molecule has 0 spiro atoms. The predicted octanol–water partition coefficient (Wildman–Crippen LogP) is -1.16. The van der Waals surface area contributed by atoms with Crippen molar-refractivity contribution in [1.29, 1.82) is 0 Å². The summed E-state index contributed by atoms with van der Waals surface area (Å²) in [6.07, 6.45) is 0.00712. The number of aliphatic carboxylic acids is 1. The summed E-state index contributed by atoms with van der Waals surface area (Å²) in [7, 11) is 0. The van der Waals surface area contributed by atoms with Crippen LogP contribution in [0.3, 0.4) is 0 Å². The number of rotatable bonds is 7. The first-order valence-electron chi connectivity index (χ1n) is 8.66. The molecule has 0 bridgehead atoms. The van der Waals surface area contributed by atoms with Gasteiger partial charge in [-0.15, -0.1) is 0 Å². The molecule has 1 aliphatic rings. The van der Waals surface area contributed by atoms with E-state index in [-0.39, 0.29) is 35.6 Å². The Kier molecular flexibility index (Phi) is 7.79. The number of benzene rings is 2. The summed E-state index contributed by atoms with van der Waals surface area (Å²) in [6.45, 7) is 3.69. The number of nitrogens with one attached hydrogen (secondary N) is 1. The van der Waals surface area contributed by atoms with E-state index in [0.717, 1.165) is 11.1 Å². The van der Waals surface area contributed by atoms with Crippen LogP contribution in [0.4, 0.5) is 0 Å². The second kappa shape index (κ2) is 9.48. The average molecular weight is 414 g/mol. The molecule has 0 saturated carbocycles. The van der Waals surface area contributed by atoms with Gasteiger partial charge >= 0.3 is 29.6 Å². The van der Waals surface area contributed by atoms with Crippen molar-refractivity contribution < 1.29 is 54.0 Å². The van der Waals surface area contributed by atoms with E-state index in [9.17, 15) is 15.0 Å². The summed E-state index contributed by atoms with van der Waals surface area (Å²) in [5.74, 6) is -2.47. The number of aliphatic hydroxyl groups is 1. The van der Waals surface area contributed by atoms with Crippen LogP contribution in [0.25, 0.3) is 0 Å². The molecular weight excluding hydrogens is 393 g/mol. The van der Waals surface area contributed by atoms with Gasteiger partial charge in [-0.3, -0.25) is 0 Å². The van der Waals surface area contributed by atoms with Crippen molar-refractivity contribution in [2.24, 2.45) is 0 Å². The number of hydrogen-bond acceptors (Lipinski definition) is 6. The first kappa shape index (κ1) is 23.0. The minimum absolute atomic E-state index is 0. The number of halogens is 1. The Morgan fingerprint density at radius 2 is 1.96 bits per heavy atom. The van der Waals surface area contributed by atoms with Crippen LogP contribution in [-0.4, -0.2) is 29.4 Å². The molecule has 0 aromatic heterocycles. The maximum atomic E-state index is 11.1. The van der Waals surface area contributed by atoms with Gasteiger partial charge < -0.3 is 29.8 Å². The molecule has 1 aliphatic heterocycles. The van der Waals surface area contributed by atoms with Gasteiger partial charge in [-0.2, -0.15) is 0 Å². The Morgan fingerprint density at radius 3 is 2.64 bits per heavy atom. The van der Waals surface area contributed by atoms with Gasteiger partial charge in [0.25, 0.3) is 5.79 Å². The molecule has 28 heavy (non-hydrogen) atoms. The third-order valence-corrected chi connectivity index (χ3v) is 4.66. The number of carbonyl (C=O) groups is 1. The molecule has 0 radical (unpaired) electrons. The molecule has 0 fully saturated rings. The first-order chi connectivity index (χ1) is 12.8. The fraction of sp³-hybridized carbons (Fsp3) is 0.350. The molecule has 8 heteroatoms. The normalized spacial score (nSPS) is 19.6. The Morgan fingerprint density at radius 1 is 1.25 bits per heavy atom. The van der Waals surface area contributed by atoms with Crippen molar-refractivity contribution in [3.63, 3.8) is 0 Å². The van der Waals surface area contributed by atoms with Gasteiger partial charge in [-0.1, -0.05) is 29.8 Å². The fourth-order valence-electron chi connectivity index (χ4n) is 2.94. The molecule has 3 atom stereocenters. The Bertz CT molecular complexity index is 849. The van der Waals surface area contributed by atoms with Crippen molar-refractivity contribution in [3.8, 4) is 11.5 Å². The third-order valence-electron chi connectivity index (χ3n) is 4.42.